The highest BCUT2D eigenvalue weighted by molar-refractivity contribution is 6.04. The fourth-order valence-corrected chi connectivity index (χ4v) is 1.91. The van der Waals surface area contributed by atoms with Crippen molar-refractivity contribution < 1.29 is 23.0 Å². The highest BCUT2D eigenvalue weighted by Crippen LogP contribution is 2.19. The van der Waals surface area contributed by atoms with Gasteiger partial charge in [-0.3, -0.25) is 4.79 Å². The van der Waals surface area contributed by atoms with Crippen molar-refractivity contribution in [2.24, 2.45) is 5.92 Å². The molecule has 0 heterocycles. The molecule has 0 fully saturated rings. The lowest BCUT2D eigenvalue weighted by atomic mass is 10.2. The van der Waals surface area contributed by atoms with Crippen LogP contribution in [0.2, 0.25) is 0 Å². The summed E-state index contributed by atoms with van der Waals surface area (Å²) in [6.45, 7) is 1.77. The van der Waals surface area contributed by atoms with E-state index in [1.54, 1.807) is 24.3 Å². The smallest absolute Gasteiger partial charge is 0.387 e. The number of rotatable bonds is 7. The molecule has 0 aliphatic carbocycles. The van der Waals surface area contributed by atoms with Crippen LogP contribution >= 0.6 is 0 Å². The SMILES string of the molecule is CC(C)COc1cccc(C(=O)Nc2ccc(OC(F)F)cc2)c1. The second-order valence-corrected chi connectivity index (χ2v) is 5.59. The molecule has 0 spiro atoms. The van der Waals surface area contributed by atoms with E-state index in [1.807, 2.05) is 13.8 Å². The van der Waals surface area contributed by atoms with Crippen LogP contribution in [0.3, 0.4) is 0 Å². The molecule has 2 rings (SSSR count). The Balaban J connectivity index is 2.00. The van der Waals surface area contributed by atoms with Gasteiger partial charge in [0.25, 0.3) is 5.91 Å². The molecule has 0 saturated heterocycles. The van der Waals surface area contributed by atoms with Gasteiger partial charge in [0, 0.05) is 11.3 Å². The molecule has 0 aromatic heterocycles. The molecule has 0 saturated carbocycles. The quantitative estimate of drug-likeness (QED) is 0.806. The lowest BCUT2D eigenvalue weighted by molar-refractivity contribution is -0.0498. The molecule has 0 unspecified atom stereocenters. The second kappa shape index (κ2) is 8.29. The minimum atomic E-state index is -2.88. The summed E-state index contributed by atoms with van der Waals surface area (Å²) in [5, 5.41) is 2.69. The lowest BCUT2D eigenvalue weighted by Crippen LogP contribution is -2.12. The van der Waals surface area contributed by atoms with Gasteiger partial charge in [-0.2, -0.15) is 8.78 Å². The number of hydrogen-bond acceptors (Lipinski definition) is 3. The van der Waals surface area contributed by atoms with Crippen LogP contribution < -0.4 is 14.8 Å². The third kappa shape index (κ3) is 5.53. The topological polar surface area (TPSA) is 47.6 Å². The number of amides is 1. The zero-order valence-corrected chi connectivity index (χ0v) is 13.5. The summed E-state index contributed by atoms with van der Waals surface area (Å²) in [7, 11) is 0. The number of hydrogen-bond donors (Lipinski definition) is 1. The van der Waals surface area contributed by atoms with E-state index in [2.05, 4.69) is 10.1 Å². The van der Waals surface area contributed by atoms with Crippen LogP contribution in [0.15, 0.2) is 48.5 Å². The molecular weight excluding hydrogens is 316 g/mol. The van der Waals surface area contributed by atoms with Crippen molar-refractivity contribution in [1.82, 2.24) is 0 Å². The largest absolute Gasteiger partial charge is 0.493 e. The van der Waals surface area contributed by atoms with Crippen molar-refractivity contribution in [3.05, 3.63) is 54.1 Å². The molecule has 2 aromatic carbocycles. The second-order valence-electron chi connectivity index (χ2n) is 5.59. The Morgan fingerprint density at radius 1 is 1.08 bits per heavy atom. The zero-order chi connectivity index (χ0) is 17.5. The van der Waals surface area contributed by atoms with Crippen molar-refractivity contribution in [1.29, 1.82) is 0 Å². The molecule has 1 N–H and O–H groups in total. The van der Waals surface area contributed by atoms with Gasteiger partial charge in [0.05, 0.1) is 6.61 Å². The number of carbonyl (C=O) groups is 1. The Morgan fingerprint density at radius 2 is 1.79 bits per heavy atom. The van der Waals surface area contributed by atoms with Crippen molar-refractivity contribution >= 4 is 11.6 Å². The molecule has 0 atom stereocenters. The first-order valence-electron chi connectivity index (χ1n) is 7.53. The maximum Gasteiger partial charge on any atom is 0.387 e. The molecular formula is C18H19F2NO3. The maximum atomic E-state index is 12.2. The first kappa shape index (κ1) is 17.7. The molecule has 4 nitrogen and oxygen atoms in total. The third-order valence-corrected chi connectivity index (χ3v) is 3.02. The van der Waals surface area contributed by atoms with E-state index in [4.69, 9.17) is 4.74 Å². The van der Waals surface area contributed by atoms with Gasteiger partial charge in [0.1, 0.15) is 11.5 Å². The number of nitrogens with one attached hydrogen (secondary N) is 1. The number of anilines is 1. The van der Waals surface area contributed by atoms with Gasteiger partial charge in [-0.1, -0.05) is 19.9 Å². The zero-order valence-electron chi connectivity index (χ0n) is 13.5. The average Bonchev–Trinajstić information content (AvgIpc) is 2.54. The summed E-state index contributed by atoms with van der Waals surface area (Å²) in [6, 6.07) is 12.6. The van der Waals surface area contributed by atoms with Gasteiger partial charge in [-0.05, 0) is 48.4 Å². The molecule has 0 radical (unpaired) electrons. The number of carbonyl (C=O) groups excluding carboxylic acids is 1. The van der Waals surface area contributed by atoms with Gasteiger partial charge in [-0.25, -0.2) is 0 Å². The van der Waals surface area contributed by atoms with Crippen molar-refractivity contribution in [3.63, 3.8) is 0 Å². The summed E-state index contributed by atoms with van der Waals surface area (Å²) in [5.74, 6) is 0.730. The van der Waals surface area contributed by atoms with Crippen LogP contribution in [0.5, 0.6) is 11.5 Å². The average molecular weight is 335 g/mol. The Hall–Kier alpha value is -2.63. The van der Waals surface area contributed by atoms with Gasteiger partial charge >= 0.3 is 6.61 Å². The highest BCUT2D eigenvalue weighted by Gasteiger charge is 2.09. The van der Waals surface area contributed by atoms with Crippen molar-refractivity contribution in [2.45, 2.75) is 20.5 Å². The Morgan fingerprint density at radius 3 is 2.42 bits per heavy atom. The first-order valence-corrected chi connectivity index (χ1v) is 7.53. The normalized spacial score (nSPS) is 10.8. The van der Waals surface area contributed by atoms with Crippen LogP contribution in [-0.4, -0.2) is 19.1 Å². The summed E-state index contributed by atoms with van der Waals surface area (Å²) in [4.78, 5) is 12.2. The highest BCUT2D eigenvalue weighted by atomic mass is 19.3. The van der Waals surface area contributed by atoms with Crippen molar-refractivity contribution in [2.75, 3.05) is 11.9 Å². The molecule has 1 amide bonds. The van der Waals surface area contributed by atoms with Crippen LogP contribution in [0.4, 0.5) is 14.5 Å². The van der Waals surface area contributed by atoms with E-state index in [0.717, 1.165) is 0 Å². The molecule has 0 aliphatic rings. The fraction of sp³-hybridized carbons (Fsp3) is 0.278. The van der Waals surface area contributed by atoms with Crippen LogP contribution in [0, 0.1) is 5.92 Å². The van der Waals surface area contributed by atoms with Gasteiger partial charge < -0.3 is 14.8 Å². The van der Waals surface area contributed by atoms with Crippen LogP contribution in [-0.2, 0) is 0 Å². The summed E-state index contributed by atoms with van der Waals surface area (Å²) in [6.07, 6.45) is 0. The summed E-state index contributed by atoms with van der Waals surface area (Å²) in [5.41, 5.74) is 0.930. The number of benzene rings is 2. The Bertz CT molecular complexity index is 672. The molecule has 128 valence electrons. The minimum absolute atomic E-state index is 0.0343. The number of ether oxygens (including phenoxy) is 2. The summed E-state index contributed by atoms with van der Waals surface area (Å²) < 4.78 is 34.1. The van der Waals surface area contributed by atoms with Crippen molar-refractivity contribution in [3.8, 4) is 11.5 Å². The Labute approximate surface area is 139 Å². The van der Waals surface area contributed by atoms with E-state index in [0.29, 0.717) is 29.5 Å². The van der Waals surface area contributed by atoms with Crippen LogP contribution in [0.1, 0.15) is 24.2 Å². The van der Waals surface area contributed by atoms with E-state index in [9.17, 15) is 13.6 Å². The Kier molecular flexibility index (Phi) is 6.12. The van der Waals surface area contributed by atoms with Gasteiger partial charge in [-0.15, -0.1) is 0 Å². The molecule has 0 bridgehead atoms. The van der Waals surface area contributed by atoms with Crippen LogP contribution in [0.25, 0.3) is 0 Å². The van der Waals surface area contributed by atoms with Gasteiger partial charge in [0.2, 0.25) is 0 Å². The number of halogens is 2. The first-order chi connectivity index (χ1) is 11.4. The molecule has 6 heteroatoms. The van der Waals surface area contributed by atoms with E-state index >= 15 is 0 Å². The van der Waals surface area contributed by atoms with E-state index in [-0.39, 0.29) is 11.7 Å². The molecule has 24 heavy (non-hydrogen) atoms. The fourth-order valence-electron chi connectivity index (χ4n) is 1.91. The van der Waals surface area contributed by atoms with Gasteiger partial charge in [0.15, 0.2) is 0 Å². The third-order valence-electron chi connectivity index (χ3n) is 3.02. The number of alkyl halides is 2. The monoisotopic (exact) mass is 335 g/mol. The molecule has 2 aromatic rings. The predicted molar refractivity (Wildman–Crippen MR) is 87.8 cm³/mol. The van der Waals surface area contributed by atoms with E-state index in [1.165, 1.54) is 24.3 Å². The molecule has 0 aliphatic heterocycles. The standard InChI is InChI=1S/C18H19F2NO3/c1-12(2)11-23-16-5-3-4-13(10-16)17(22)21-14-6-8-15(9-7-14)24-18(19)20/h3-10,12,18H,11H2,1-2H3,(H,21,22). The maximum absolute atomic E-state index is 12.2. The predicted octanol–water partition coefficient (Wildman–Crippen LogP) is 4.58. The lowest BCUT2D eigenvalue weighted by Gasteiger charge is -2.10. The summed E-state index contributed by atoms with van der Waals surface area (Å²) >= 11 is 0. The van der Waals surface area contributed by atoms with E-state index < -0.39 is 6.61 Å². The minimum Gasteiger partial charge on any atom is -0.493 e.